The van der Waals surface area contributed by atoms with Crippen LogP contribution in [0.3, 0.4) is 0 Å². The fourth-order valence-corrected chi connectivity index (χ4v) is 7.89. The van der Waals surface area contributed by atoms with Gasteiger partial charge in [-0.1, -0.05) is 90.6 Å². The molecule has 0 saturated heterocycles. The maximum atomic E-state index is 5.15. The third-order valence-electron chi connectivity index (χ3n) is 9.09. The molecule has 0 radical (unpaired) electrons. The van der Waals surface area contributed by atoms with Crippen LogP contribution in [0.5, 0.6) is 0 Å². The molecule has 0 bridgehead atoms. The smallest absolute Gasteiger partial charge is 0.0972 e. The zero-order valence-electron chi connectivity index (χ0n) is 25.6. The van der Waals surface area contributed by atoms with Crippen LogP contribution in [-0.4, -0.2) is 19.9 Å². The number of rotatable bonds is 3. The van der Waals surface area contributed by atoms with Gasteiger partial charge in [-0.3, -0.25) is 9.97 Å². The number of pyridine rings is 4. The van der Waals surface area contributed by atoms with Gasteiger partial charge in [0.15, 0.2) is 0 Å². The molecule has 5 heterocycles. The standard InChI is InChI=1S/C42H25N5S/c1-2-8-32(9-3-1)47-35-20-16-30(33-18-14-28-12-10-26-6-4-22-43-39(26)41(28)45-33)24-37(35)48-38-25-31(17-21-36(38)47)34-19-15-29-13-11-27-7-5-23-44-40(27)42(29)46-34/h1-25H. The molecule has 6 heteroatoms. The number of fused-ring (bicyclic) bond motifs is 8. The van der Waals surface area contributed by atoms with Crippen molar-refractivity contribution >= 4 is 72.4 Å². The molecular formula is C42H25N5S. The second kappa shape index (κ2) is 10.7. The van der Waals surface area contributed by atoms with E-state index in [-0.39, 0.29) is 0 Å². The number of nitrogens with zero attached hydrogens (tertiary/aromatic N) is 5. The molecule has 0 amide bonds. The van der Waals surface area contributed by atoms with E-state index in [1.807, 2.05) is 24.5 Å². The predicted octanol–water partition coefficient (Wildman–Crippen LogP) is 11.1. The Kier molecular flexibility index (Phi) is 6.04. The van der Waals surface area contributed by atoms with Crippen molar-refractivity contribution in [2.75, 3.05) is 4.90 Å². The zero-order valence-corrected chi connectivity index (χ0v) is 26.4. The summed E-state index contributed by atoms with van der Waals surface area (Å²) >= 11 is 1.79. The molecule has 4 aromatic heterocycles. The maximum absolute atomic E-state index is 5.15. The van der Waals surface area contributed by atoms with Gasteiger partial charge in [0.2, 0.25) is 0 Å². The first kappa shape index (κ1) is 27.0. The average molecular weight is 632 g/mol. The van der Waals surface area contributed by atoms with E-state index < -0.39 is 0 Å². The van der Waals surface area contributed by atoms with Crippen LogP contribution < -0.4 is 4.90 Å². The molecule has 224 valence electrons. The number of hydrogen-bond donors (Lipinski definition) is 0. The van der Waals surface area contributed by atoms with Gasteiger partial charge in [0.25, 0.3) is 0 Å². The van der Waals surface area contributed by atoms with Crippen LogP contribution in [-0.2, 0) is 0 Å². The lowest BCUT2D eigenvalue weighted by atomic mass is 10.0. The van der Waals surface area contributed by atoms with Crippen molar-refractivity contribution in [3.05, 3.63) is 152 Å². The maximum Gasteiger partial charge on any atom is 0.0972 e. The quantitative estimate of drug-likeness (QED) is 0.181. The summed E-state index contributed by atoms with van der Waals surface area (Å²) in [5.41, 5.74) is 11.1. The van der Waals surface area contributed by atoms with Crippen molar-refractivity contribution in [3.8, 4) is 22.5 Å². The van der Waals surface area contributed by atoms with Crippen molar-refractivity contribution in [3.63, 3.8) is 0 Å². The van der Waals surface area contributed by atoms with Gasteiger partial charge in [0.1, 0.15) is 0 Å². The molecule has 1 aliphatic rings. The number of aromatic nitrogens is 4. The molecule has 0 spiro atoms. The Balaban J connectivity index is 1.11. The second-order valence-electron chi connectivity index (χ2n) is 12.0. The van der Waals surface area contributed by atoms with Crippen LogP contribution in [0.15, 0.2) is 162 Å². The highest BCUT2D eigenvalue weighted by molar-refractivity contribution is 7.99. The lowest BCUT2D eigenvalue weighted by Gasteiger charge is -2.33. The molecule has 0 saturated carbocycles. The minimum absolute atomic E-state index is 0.919. The number of anilines is 3. The van der Waals surface area contributed by atoms with Crippen LogP contribution in [0.4, 0.5) is 17.1 Å². The van der Waals surface area contributed by atoms with Gasteiger partial charge in [-0.25, -0.2) is 9.97 Å². The first-order chi connectivity index (χ1) is 23.8. The third kappa shape index (κ3) is 4.34. The minimum Gasteiger partial charge on any atom is -0.308 e. The largest absolute Gasteiger partial charge is 0.308 e. The summed E-state index contributed by atoms with van der Waals surface area (Å²) in [5, 5.41) is 4.35. The van der Waals surface area contributed by atoms with E-state index in [2.05, 4.69) is 142 Å². The van der Waals surface area contributed by atoms with Crippen LogP contribution in [0, 0.1) is 0 Å². The fourth-order valence-electron chi connectivity index (χ4n) is 6.75. The van der Waals surface area contributed by atoms with E-state index in [4.69, 9.17) is 9.97 Å². The van der Waals surface area contributed by atoms with Gasteiger partial charge in [0, 0.05) is 60.5 Å². The monoisotopic (exact) mass is 631 g/mol. The van der Waals surface area contributed by atoms with E-state index >= 15 is 0 Å². The first-order valence-electron chi connectivity index (χ1n) is 15.9. The summed E-state index contributed by atoms with van der Waals surface area (Å²) in [6.07, 6.45) is 3.67. The third-order valence-corrected chi connectivity index (χ3v) is 10.2. The van der Waals surface area contributed by atoms with Crippen LogP contribution >= 0.6 is 11.8 Å². The number of hydrogen-bond acceptors (Lipinski definition) is 6. The molecular weight excluding hydrogens is 607 g/mol. The van der Waals surface area contributed by atoms with Gasteiger partial charge < -0.3 is 4.90 Å². The Morgan fingerprint density at radius 3 is 1.42 bits per heavy atom. The Morgan fingerprint density at radius 2 is 0.896 bits per heavy atom. The van der Waals surface area contributed by atoms with Crippen molar-refractivity contribution in [1.82, 2.24) is 19.9 Å². The molecule has 5 nitrogen and oxygen atoms in total. The molecule has 0 unspecified atom stereocenters. The van der Waals surface area contributed by atoms with Gasteiger partial charge in [-0.15, -0.1) is 0 Å². The summed E-state index contributed by atoms with van der Waals surface area (Å²) in [4.78, 5) is 24.3. The molecule has 0 N–H and O–H groups in total. The summed E-state index contributed by atoms with van der Waals surface area (Å²) in [7, 11) is 0. The Bertz CT molecular complexity index is 2560. The van der Waals surface area contributed by atoms with Gasteiger partial charge in [-0.2, -0.15) is 0 Å². The molecule has 10 rings (SSSR count). The van der Waals surface area contributed by atoms with Crippen molar-refractivity contribution in [2.45, 2.75) is 9.79 Å². The normalized spacial score (nSPS) is 12.5. The van der Waals surface area contributed by atoms with Gasteiger partial charge in [0.05, 0.1) is 44.8 Å². The van der Waals surface area contributed by atoms with Crippen LogP contribution in [0.1, 0.15) is 0 Å². The van der Waals surface area contributed by atoms with Crippen molar-refractivity contribution in [1.29, 1.82) is 0 Å². The fraction of sp³-hybridized carbons (Fsp3) is 0. The lowest BCUT2D eigenvalue weighted by molar-refractivity contribution is 1.16. The molecule has 0 fully saturated rings. The van der Waals surface area contributed by atoms with Crippen molar-refractivity contribution < 1.29 is 0 Å². The highest BCUT2D eigenvalue weighted by atomic mass is 32.2. The molecule has 0 aliphatic carbocycles. The molecule has 1 aliphatic heterocycles. The average Bonchev–Trinajstić information content (AvgIpc) is 3.16. The van der Waals surface area contributed by atoms with E-state index in [0.717, 1.165) is 83.2 Å². The topological polar surface area (TPSA) is 54.8 Å². The Morgan fingerprint density at radius 1 is 0.417 bits per heavy atom. The van der Waals surface area contributed by atoms with E-state index in [1.54, 1.807) is 11.8 Å². The predicted molar refractivity (Wildman–Crippen MR) is 197 cm³/mol. The summed E-state index contributed by atoms with van der Waals surface area (Å²) in [5.74, 6) is 0. The van der Waals surface area contributed by atoms with Crippen LogP contribution in [0.25, 0.3) is 66.1 Å². The molecule has 48 heavy (non-hydrogen) atoms. The molecule has 5 aromatic carbocycles. The van der Waals surface area contributed by atoms with E-state index in [1.165, 1.54) is 9.79 Å². The summed E-state index contributed by atoms with van der Waals surface area (Å²) in [6, 6.07) is 49.0. The highest BCUT2D eigenvalue weighted by Crippen LogP contribution is 2.53. The Hall–Kier alpha value is -6.11. The minimum atomic E-state index is 0.919. The summed E-state index contributed by atoms with van der Waals surface area (Å²) in [6.45, 7) is 0. The second-order valence-corrected chi connectivity index (χ2v) is 13.0. The number of benzene rings is 5. The zero-order chi connectivity index (χ0) is 31.6. The lowest BCUT2D eigenvalue weighted by Crippen LogP contribution is -2.15. The van der Waals surface area contributed by atoms with Crippen molar-refractivity contribution in [2.24, 2.45) is 0 Å². The SMILES string of the molecule is c1ccc(N2c3ccc(-c4ccc5ccc6cccnc6c5n4)cc3Sc3cc(-c4ccc5ccc6cccnc6c5n4)ccc32)cc1. The first-order valence-corrected chi connectivity index (χ1v) is 16.7. The van der Waals surface area contributed by atoms with Crippen LogP contribution in [0.2, 0.25) is 0 Å². The number of para-hydroxylation sites is 1. The molecule has 9 aromatic rings. The Labute approximate surface area is 280 Å². The summed E-state index contributed by atoms with van der Waals surface area (Å²) < 4.78 is 0. The van der Waals surface area contributed by atoms with Gasteiger partial charge >= 0.3 is 0 Å². The van der Waals surface area contributed by atoms with E-state index in [9.17, 15) is 0 Å². The molecule has 0 atom stereocenters. The van der Waals surface area contributed by atoms with E-state index in [0.29, 0.717) is 0 Å². The highest BCUT2D eigenvalue weighted by Gasteiger charge is 2.26. The van der Waals surface area contributed by atoms with Gasteiger partial charge in [-0.05, 0) is 60.7 Å².